The summed E-state index contributed by atoms with van der Waals surface area (Å²) in [5, 5.41) is 3.03. The van der Waals surface area contributed by atoms with Gasteiger partial charge < -0.3 is 20.9 Å². The van der Waals surface area contributed by atoms with E-state index in [2.05, 4.69) is 10.2 Å². The molecule has 29 heavy (non-hydrogen) atoms. The van der Waals surface area contributed by atoms with Crippen molar-refractivity contribution >= 4 is 11.9 Å². The molecule has 2 saturated heterocycles. The topological polar surface area (TPSA) is 78.7 Å². The molecule has 1 saturated carbocycles. The molecule has 3 N–H and O–H groups in total. The average molecular weight is 399 g/mol. The van der Waals surface area contributed by atoms with Crippen molar-refractivity contribution in [3.63, 3.8) is 0 Å². The number of likely N-dealkylation sites (tertiary alicyclic amines) is 2. The van der Waals surface area contributed by atoms with Crippen molar-refractivity contribution in [3.8, 4) is 0 Å². The molecule has 1 aromatic carbocycles. The van der Waals surface area contributed by atoms with E-state index in [-0.39, 0.29) is 17.4 Å². The van der Waals surface area contributed by atoms with Crippen LogP contribution in [-0.4, -0.2) is 54.0 Å². The van der Waals surface area contributed by atoms with Crippen molar-refractivity contribution in [2.75, 3.05) is 26.2 Å². The largest absolute Gasteiger partial charge is 0.369 e. The molecule has 3 amide bonds. The third-order valence-electron chi connectivity index (χ3n) is 7.21. The predicted molar refractivity (Wildman–Crippen MR) is 113 cm³/mol. The fraction of sp³-hybridized carbons (Fsp3) is 0.652. The molecule has 2 heterocycles. The summed E-state index contributed by atoms with van der Waals surface area (Å²) in [6.07, 6.45) is 7.34. The first-order valence-corrected chi connectivity index (χ1v) is 11.2. The highest BCUT2D eigenvalue weighted by molar-refractivity contribution is 5.81. The molecule has 0 unspecified atom stereocenters. The smallest absolute Gasteiger partial charge is 0.317 e. The lowest BCUT2D eigenvalue weighted by Gasteiger charge is -2.45. The van der Waals surface area contributed by atoms with Gasteiger partial charge in [0.15, 0.2) is 0 Å². The maximum Gasteiger partial charge on any atom is 0.317 e. The Labute approximate surface area is 173 Å². The van der Waals surface area contributed by atoms with Gasteiger partial charge in [-0.15, -0.1) is 0 Å². The number of hydrogen-bond acceptors (Lipinski definition) is 3. The number of nitrogens with one attached hydrogen (secondary N) is 1. The SMILES string of the molecule is NC(=O)C1(CC2CC2)CCN(C2CCN(C(=O)NCc3ccccc3)CC2)CC1. The highest BCUT2D eigenvalue weighted by atomic mass is 16.2. The maximum atomic E-state index is 12.5. The van der Waals surface area contributed by atoms with Gasteiger partial charge in [-0.1, -0.05) is 43.2 Å². The minimum atomic E-state index is -0.268. The molecule has 0 aromatic heterocycles. The van der Waals surface area contributed by atoms with E-state index in [1.54, 1.807) is 0 Å². The second-order valence-corrected chi connectivity index (χ2v) is 9.19. The van der Waals surface area contributed by atoms with Gasteiger partial charge in [0.1, 0.15) is 0 Å². The number of urea groups is 1. The van der Waals surface area contributed by atoms with Crippen LogP contribution < -0.4 is 11.1 Å². The lowest BCUT2D eigenvalue weighted by Crippen LogP contribution is -2.54. The Morgan fingerprint density at radius 3 is 2.24 bits per heavy atom. The molecule has 158 valence electrons. The first kappa shape index (κ1) is 20.2. The number of primary amides is 1. The molecule has 2 aliphatic heterocycles. The first-order valence-electron chi connectivity index (χ1n) is 11.2. The van der Waals surface area contributed by atoms with Gasteiger partial charge in [-0.3, -0.25) is 4.79 Å². The van der Waals surface area contributed by atoms with Crippen molar-refractivity contribution in [3.05, 3.63) is 35.9 Å². The quantitative estimate of drug-likeness (QED) is 0.773. The Hall–Kier alpha value is -2.08. The number of carbonyl (C=O) groups is 2. The highest BCUT2D eigenvalue weighted by Gasteiger charge is 2.44. The molecule has 4 rings (SSSR count). The Bertz CT molecular complexity index is 703. The minimum absolute atomic E-state index is 0.0307. The predicted octanol–water partition coefficient (Wildman–Crippen LogP) is 2.73. The number of piperidine rings is 2. The summed E-state index contributed by atoms with van der Waals surface area (Å²) in [7, 11) is 0. The van der Waals surface area contributed by atoms with Crippen molar-refractivity contribution in [2.45, 2.75) is 57.5 Å². The second-order valence-electron chi connectivity index (χ2n) is 9.19. The lowest BCUT2D eigenvalue weighted by atomic mass is 9.73. The summed E-state index contributed by atoms with van der Waals surface area (Å²) >= 11 is 0. The molecule has 6 heteroatoms. The summed E-state index contributed by atoms with van der Waals surface area (Å²) in [4.78, 5) is 29.1. The van der Waals surface area contributed by atoms with Gasteiger partial charge in [-0.2, -0.15) is 0 Å². The van der Waals surface area contributed by atoms with Crippen molar-refractivity contribution < 1.29 is 9.59 Å². The van der Waals surface area contributed by atoms with Gasteiger partial charge in [0.25, 0.3) is 0 Å². The number of nitrogens with zero attached hydrogens (tertiary/aromatic N) is 2. The summed E-state index contributed by atoms with van der Waals surface area (Å²) in [5.74, 6) is 0.639. The molecule has 1 aliphatic carbocycles. The molecule has 0 radical (unpaired) electrons. The number of nitrogens with two attached hydrogens (primary N) is 1. The van der Waals surface area contributed by atoms with Crippen molar-refractivity contribution in [1.82, 2.24) is 15.1 Å². The van der Waals surface area contributed by atoms with Crippen LogP contribution in [0.3, 0.4) is 0 Å². The molecule has 1 aromatic rings. The van der Waals surface area contributed by atoms with Crippen LogP contribution in [0.1, 0.15) is 50.5 Å². The van der Waals surface area contributed by atoms with Crippen LogP contribution in [-0.2, 0) is 11.3 Å². The average Bonchev–Trinajstić information content (AvgIpc) is 3.57. The van der Waals surface area contributed by atoms with E-state index in [4.69, 9.17) is 5.73 Å². The Morgan fingerprint density at radius 1 is 1.00 bits per heavy atom. The second kappa shape index (κ2) is 8.74. The molecular formula is C23H34N4O2. The Balaban J connectivity index is 1.21. The van der Waals surface area contributed by atoms with Crippen molar-refractivity contribution in [2.24, 2.45) is 17.1 Å². The van der Waals surface area contributed by atoms with Gasteiger partial charge in [0.05, 0.1) is 5.41 Å². The third kappa shape index (κ3) is 4.92. The highest BCUT2D eigenvalue weighted by Crippen LogP contribution is 2.46. The van der Waals surface area contributed by atoms with Crippen LogP contribution >= 0.6 is 0 Å². The monoisotopic (exact) mass is 398 g/mol. The molecule has 6 nitrogen and oxygen atoms in total. The molecule has 3 fully saturated rings. The summed E-state index contributed by atoms with van der Waals surface area (Å²) in [6, 6.07) is 10.6. The number of carbonyl (C=O) groups excluding carboxylic acids is 2. The zero-order valence-electron chi connectivity index (χ0n) is 17.3. The van der Waals surface area contributed by atoms with Gasteiger partial charge in [0, 0.05) is 25.7 Å². The van der Waals surface area contributed by atoms with Crippen LogP contribution in [0.25, 0.3) is 0 Å². The number of amides is 3. The van der Waals surface area contributed by atoms with E-state index in [1.165, 1.54) is 12.8 Å². The number of rotatable bonds is 6. The summed E-state index contributed by atoms with van der Waals surface area (Å²) < 4.78 is 0. The summed E-state index contributed by atoms with van der Waals surface area (Å²) in [5.41, 5.74) is 6.67. The zero-order valence-corrected chi connectivity index (χ0v) is 17.3. The van der Waals surface area contributed by atoms with E-state index in [9.17, 15) is 9.59 Å². The fourth-order valence-corrected chi connectivity index (χ4v) is 5.06. The number of benzene rings is 1. The standard InChI is InChI=1S/C23H34N4O2/c24-21(28)23(16-18-6-7-18)10-14-26(15-11-23)20-8-12-27(13-9-20)22(29)25-17-19-4-2-1-3-5-19/h1-5,18,20H,6-17H2,(H2,24,28)(H,25,29). The van der Waals surface area contributed by atoms with Crippen LogP contribution in [0, 0.1) is 11.3 Å². The Kier molecular flexibility index (Phi) is 6.09. The third-order valence-corrected chi connectivity index (χ3v) is 7.21. The lowest BCUT2D eigenvalue weighted by molar-refractivity contribution is -0.132. The van der Waals surface area contributed by atoms with Crippen LogP contribution in [0.5, 0.6) is 0 Å². The maximum absolute atomic E-state index is 12.5. The van der Waals surface area contributed by atoms with E-state index in [0.29, 0.717) is 12.6 Å². The van der Waals surface area contributed by atoms with E-state index in [1.807, 2.05) is 35.2 Å². The normalized spacial score (nSPS) is 23.0. The van der Waals surface area contributed by atoms with Crippen LogP contribution in [0.2, 0.25) is 0 Å². The van der Waals surface area contributed by atoms with Crippen LogP contribution in [0.4, 0.5) is 4.79 Å². The number of hydrogen-bond donors (Lipinski definition) is 2. The fourth-order valence-electron chi connectivity index (χ4n) is 5.06. The Morgan fingerprint density at radius 2 is 1.66 bits per heavy atom. The van der Waals surface area contributed by atoms with E-state index >= 15 is 0 Å². The van der Waals surface area contributed by atoms with Gasteiger partial charge in [-0.25, -0.2) is 4.79 Å². The van der Waals surface area contributed by atoms with Gasteiger partial charge in [0.2, 0.25) is 5.91 Å². The van der Waals surface area contributed by atoms with Crippen LogP contribution in [0.15, 0.2) is 30.3 Å². The van der Waals surface area contributed by atoms with Crippen molar-refractivity contribution in [1.29, 1.82) is 0 Å². The molecule has 0 spiro atoms. The van der Waals surface area contributed by atoms with Gasteiger partial charge in [-0.05, 0) is 56.7 Å². The molecular weight excluding hydrogens is 364 g/mol. The minimum Gasteiger partial charge on any atom is -0.369 e. The zero-order chi connectivity index (χ0) is 20.3. The molecule has 0 atom stereocenters. The molecule has 0 bridgehead atoms. The summed E-state index contributed by atoms with van der Waals surface area (Å²) in [6.45, 7) is 4.08. The van der Waals surface area contributed by atoms with Gasteiger partial charge >= 0.3 is 6.03 Å². The van der Waals surface area contributed by atoms with E-state index in [0.717, 1.165) is 69.8 Å². The van der Waals surface area contributed by atoms with E-state index < -0.39 is 0 Å². The molecule has 3 aliphatic rings. The first-order chi connectivity index (χ1) is 14.1.